The molecule has 0 spiro atoms. The van der Waals surface area contributed by atoms with E-state index in [1.807, 2.05) is 44.2 Å². The van der Waals surface area contributed by atoms with Crippen molar-refractivity contribution in [3.63, 3.8) is 0 Å². The van der Waals surface area contributed by atoms with E-state index in [0.717, 1.165) is 18.7 Å². The van der Waals surface area contributed by atoms with E-state index in [4.69, 9.17) is 4.74 Å². The van der Waals surface area contributed by atoms with Gasteiger partial charge in [0.05, 0.1) is 19.3 Å². The van der Waals surface area contributed by atoms with E-state index in [1.54, 1.807) is 13.1 Å². The van der Waals surface area contributed by atoms with Crippen LogP contribution < -0.4 is 4.72 Å². The summed E-state index contributed by atoms with van der Waals surface area (Å²) in [7, 11) is -2.36. The maximum atomic E-state index is 13.6. The van der Waals surface area contributed by atoms with Crippen molar-refractivity contribution >= 4 is 21.7 Å². The molecule has 4 rings (SSSR count). The highest BCUT2D eigenvalue weighted by atomic mass is 32.2. The topological polar surface area (TPSA) is 109 Å². The monoisotopic (exact) mass is 596 g/mol. The molecular weight excluding hydrogens is 559 g/mol. The average molecular weight is 597 g/mol. The minimum absolute atomic E-state index is 0.0538. The first-order chi connectivity index (χ1) is 19.9. The van der Waals surface area contributed by atoms with Gasteiger partial charge in [-0.1, -0.05) is 36.4 Å². The van der Waals surface area contributed by atoms with Crippen LogP contribution in [0.2, 0.25) is 0 Å². The Morgan fingerprint density at radius 3 is 2.31 bits per heavy atom. The number of ether oxygens (including phenoxy) is 1. The molecule has 42 heavy (non-hydrogen) atoms. The van der Waals surface area contributed by atoms with Gasteiger partial charge in [0.15, 0.2) is 10.8 Å². The largest absolute Gasteiger partial charge is 0.379 e. The summed E-state index contributed by atoms with van der Waals surface area (Å²) in [5.74, 6) is -1.10. The van der Waals surface area contributed by atoms with Crippen LogP contribution in [0.1, 0.15) is 35.3 Å². The summed E-state index contributed by atoms with van der Waals surface area (Å²) in [6.45, 7) is 6.88. The van der Waals surface area contributed by atoms with Gasteiger partial charge in [-0.2, -0.15) is 0 Å². The van der Waals surface area contributed by atoms with Crippen molar-refractivity contribution in [3.8, 4) is 0 Å². The maximum absolute atomic E-state index is 13.6. The van der Waals surface area contributed by atoms with Gasteiger partial charge >= 0.3 is 0 Å². The van der Waals surface area contributed by atoms with Crippen LogP contribution in [-0.4, -0.2) is 86.4 Å². The quantitative estimate of drug-likeness (QED) is 0.342. The van der Waals surface area contributed by atoms with Gasteiger partial charge in [-0.25, -0.2) is 22.5 Å². The molecule has 9 nitrogen and oxygen atoms in total. The summed E-state index contributed by atoms with van der Waals surface area (Å²) in [5, 5.41) is -0.141. The maximum Gasteiger partial charge on any atom is 0.258 e. The number of sulfonamides is 1. The highest BCUT2D eigenvalue weighted by Crippen LogP contribution is 2.18. The smallest absolute Gasteiger partial charge is 0.258 e. The molecular formula is C31H37FN4O5S. The van der Waals surface area contributed by atoms with Crippen molar-refractivity contribution in [3.05, 3.63) is 95.4 Å². The summed E-state index contributed by atoms with van der Waals surface area (Å²) in [6, 6.07) is 16.7. The third-order valence-corrected chi connectivity index (χ3v) is 8.72. The van der Waals surface area contributed by atoms with Crippen LogP contribution >= 0.6 is 0 Å². The van der Waals surface area contributed by atoms with Crippen molar-refractivity contribution < 1.29 is 27.1 Å². The van der Waals surface area contributed by atoms with Gasteiger partial charge in [-0.15, -0.1) is 0 Å². The minimum Gasteiger partial charge on any atom is -0.379 e. The van der Waals surface area contributed by atoms with E-state index in [0.29, 0.717) is 25.3 Å². The zero-order chi connectivity index (χ0) is 30.3. The highest BCUT2D eigenvalue weighted by molar-refractivity contribution is 7.89. The number of pyridine rings is 1. The van der Waals surface area contributed by atoms with E-state index in [2.05, 4.69) is 14.6 Å². The number of carbonyl (C=O) groups excluding carboxylic acids is 2. The Kier molecular flexibility index (Phi) is 10.2. The number of rotatable bonds is 12. The van der Waals surface area contributed by atoms with E-state index in [1.165, 1.54) is 41.4 Å². The lowest BCUT2D eigenvalue weighted by molar-refractivity contribution is -0.122. The van der Waals surface area contributed by atoms with Crippen molar-refractivity contribution in [2.45, 2.75) is 43.3 Å². The fraction of sp³-hybridized carbons (Fsp3) is 0.387. The molecule has 2 aromatic carbocycles. The first kappa shape index (κ1) is 31.4. The van der Waals surface area contributed by atoms with Crippen LogP contribution in [0.25, 0.3) is 0 Å². The summed E-state index contributed by atoms with van der Waals surface area (Å²) in [6.07, 6.45) is 1.61. The van der Waals surface area contributed by atoms with Crippen molar-refractivity contribution in [2.75, 3.05) is 39.9 Å². The van der Waals surface area contributed by atoms with Gasteiger partial charge in [0.2, 0.25) is 0 Å². The third-order valence-electron chi connectivity index (χ3n) is 7.11. The lowest BCUT2D eigenvalue weighted by atomic mass is 9.96. The molecule has 1 atom stereocenters. The van der Waals surface area contributed by atoms with Gasteiger partial charge in [0.25, 0.3) is 15.9 Å². The second-order valence-corrected chi connectivity index (χ2v) is 12.8. The molecule has 0 radical (unpaired) electrons. The molecule has 1 amide bonds. The number of Topliss-reactive ketones (excluding diaryl/α,β-unsaturated/α-hetero) is 1. The molecule has 1 aliphatic rings. The normalized spacial score (nSPS) is 15.2. The Bertz CT molecular complexity index is 1460. The number of hydrogen-bond donors (Lipinski definition) is 1. The molecule has 1 aliphatic heterocycles. The van der Waals surface area contributed by atoms with Crippen LogP contribution in [0, 0.1) is 5.82 Å². The number of nitrogens with one attached hydrogen (secondary N) is 1. The van der Waals surface area contributed by atoms with Gasteiger partial charge < -0.3 is 9.64 Å². The van der Waals surface area contributed by atoms with Crippen LogP contribution in [-0.2, 0) is 32.4 Å². The van der Waals surface area contributed by atoms with Crippen molar-refractivity contribution in [2.24, 2.45) is 0 Å². The fourth-order valence-electron chi connectivity index (χ4n) is 5.00. The number of likely N-dealkylation sites (N-methyl/N-ethyl adjacent to an activating group) is 1. The molecule has 0 saturated carbocycles. The molecule has 0 unspecified atom stereocenters. The average Bonchev–Trinajstić information content (AvgIpc) is 2.96. The summed E-state index contributed by atoms with van der Waals surface area (Å²) < 4.78 is 47.7. The van der Waals surface area contributed by atoms with Crippen LogP contribution in [0.15, 0.2) is 78.0 Å². The van der Waals surface area contributed by atoms with Crippen LogP contribution in [0.3, 0.4) is 0 Å². The Hall–Kier alpha value is -3.51. The molecule has 1 aromatic heterocycles. The molecule has 2 heterocycles. The number of carbonyl (C=O) groups is 2. The first-order valence-electron chi connectivity index (χ1n) is 13.8. The third kappa shape index (κ3) is 8.51. The standard InChI is InChI=1S/C31H37FN4O5S/c1-31(2,22-36-15-17-41-18-16-36)34-42(39,40)29-14-9-24(21-33-29)20-28(37)27(19-23-7-5-4-6-8-23)35(3)30(38)25-10-12-26(32)13-11-25/h4-14,21,27,34H,15-20,22H2,1-3H3/t27-/m0/s1. The second-order valence-electron chi connectivity index (χ2n) is 11.2. The van der Waals surface area contributed by atoms with Crippen molar-refractivity contribution in [1.82, 2.24) is 19.5 Å². The van der Waals surface area contributed by atoms with E-state index >= 15 is 0 Å². The summed E-state index contributed by atoms with van der Waals surface area (Å²) >= 11 is 0. The van der Waals surface area contributed by atoms with Crippen molar-refractivity contribution in [1.29, 1.82) is 0 Å². The van der Waals surface area contributed by atoms with Crippen LogP contribution in [0.4, 0.5) is 4.39 Å². The molecule has 0 bridgehead atoms. The number of ketones is 1. The van der Waals surface area contributed by atoms with E-state index < -0.39 is 33.3 Å². The molecule has 1 saturated heterocycles. The lowest BCUT2D eigenvalue weighted by Gasteiger charge is -2.35. The number of benzene rings is 2. The Balaban J connectivity index is 1.47. The van der Waals surface area contributed by atoms with Crippen LogP contribution in [0.5, 0.6) is 0 Å². The Labute approximate surface area is 246 Å². The predicted molar refractivity (Wildman–Crippen MR) is 157 cm³/mol. The molecule has 3 aromatic rings. The summed E-state index contributed by atoms with van der Waals surface area (Å²) in [4.78, 5) is 34.5. The fourth-order valence-corrected chi connectivity index (χ4v) is 6.34. The first-order valence-corrected chi connectivity index (χ1v) is 15.3. The second kappa shape index (κ2) is 13.6. The molecule has 1 fully saturated rings. The number of amides is 1. The Morgan fingerprint density at radius 2 is 1.69 bits per heavy atom. The SMILES string of the molecule is CN(C(=O)c1ccc(F)cc1)[C@@H](Cc1ccccc1)C(=O)Cc1ccc(S(=O)(=O)NC(C)(C)CN2CCOCC2)nc1. The highest BCUT2D eigenvalue weighted by Gasteiger charge is 2.31. The van der Waals surface area contributed by atoms with Gasteiger partial charge in [-0.05, 0) is 61.7 Å². The zero-order valence-corrected chi connectivity index (χ0v) is 24.9. The van der Waals surface area contributed by atoms with Gasteiger partial charge in [0.1, 0.15) is 5.82 Å². The zero-order valence-electron chi connectivity index (χ0n) is 24.1. The van der Waals surface area contributed by atoms with E-state index in [-0.39, 0.29) is 29.2 Å². The Morgan fingerprint density at radius 1 is 1.02 bits per heavy atom. The minimum atomic E-state index is -3.91. The summed E-state index contributed by atoms with van der Waals surface area (Å²) in [5.41, 5.74) is 0.927. The molecule has 1 N–H and O–H groups in total. The van der Waals surface area contributed by atoms with E-state index in [9.17, 15) is 22.4 Å². The van der Waals surface area contributed by atoms with Gasteiger partial charge in [-0.3, -0.25) is 14.5 Å². The number of morpholine rings is 1. The number of aromatic nitrogens is 1. The molecule has 224 valence electrons. The number of halogens is 1. The lowest BCUT2D eigenvalue weighted by Crippen LogP contribution is -2.53. The number of hydrogen-bond acceptors (Lipinski definition) is 7. The van der Waals surface area contributed by atoms with Gasteiger partial charge in [0, 0.05) is 50.4 Å². The molecule has 0 aliphatic carbocycles. The predicted octanol–water partition coefficient (Wildman–Crippen LogP) is 3.10. The number of nitrogens with zero attached hydrogens (tertiary/aromatic N) is 3. The molecule has 11 heteroatoms.